The average Bonchev–Trinajstić information content (AvgIpc) is 3.28. The molecule has 1 aliphatic heterocycles. The Morgan fingerprint density at radius 3 is 2.71 bits per heavy atom. The van der Waals surface area contributed by atoms with Crippen molar-refractivity contribution in [1.82, 2.24) is 4.31 Å². The molecule has 0 radical (unpaired) electrons. The van der Waals surface area contributed by atoms with Crippen molar-refractivity contribution in [3.05, 3.63) is 44.6 Å². The molecule has 1 aromatic carbocycles. The first-order valence-corrected chi connectivity index (χ1v) is 11.7. The fourth-order valence-corrected chi connectivity index (χ4v) is 6.27. The number of hydrogen-bond donors (Lipinski definition) is 0. The average molecular weight is 486 g/mol. The van der Waals surface area contributed by atoms with Crippen molar-refractivity contribution in [3.8, 4) is 0 Å². The molecular weight excluding hydrogens is 468 g/mol. The summed E-state index contributed by atoms with van der Waals surface area (Å²) in [5.74, 6) is -1.67. The molecule has 10 heteroatoms. The van der Waals surface area contributed by atoms with Gasteiger partial charge in [0.25, 0.3) is 0 Å². The van der Waals surface area contributed by atoms with E-state index < -0.39 is 22.5 Å². The number of amides is 1. The highest BCUT2D eigenvalue weighted by Gasteiger charge is 2.35. The Morgan fingerprint density at radius 2 is 2.11 bits per heavy atom. The number of carboxylic acid groups (broad SMARTS) is 1. The van der Waals surface area contributed by atoms with Gasteiger partial charge in [0, 0.05) is 28.9 Å². The van der Waals surface area contributed by atoms with E-state index in [9.17, 15) is 23.1 Å². The van der Waals surface area contributed by atoms with Crippen LogP contribution < -0.4 is 10.0 Å². The van der Waals surface area contributed by atoms with Crippen molar-refractivity contribution in [3.63, 3.8) is 0 Å². The van der Waals surface area contributed by atoms with Crippen LogP contribution in [0, 0.1) is 0 Å². The molecular formula is C18H18BrN2O5S2-. The van der Waals surface area contributed by atoms with Gasteiger partial charge in [-0.3, -0.25) is 4.79 Å². The van der Waals surface area contributed by atoms with Gasteiger partial charge < -0.3 is 14.8 Å². The van der Waals surface area contributed by atoms with Crippen molar-refractivity contribution < 1.29 is 23.1 Å². The Hall–Kier alpha value is -1.75. The van der Waals surface area contributed by atoms with Gasteiger partial charge in [-0.25, -0.2) is 8.42 Å². The lowest BCUT2D eigenvalue weighted by Crippen LogP contribution is -2.41. The topological polar surface area (TPSA) is 97.8 Å². The van der Waals surface area contributed by atoms with Crippen molar-refractivity contribution in [2.75, 3.05) is 18.0 Å². The largest absolute Gasteiger partial charge is 0.549 e. The molecule has 2 aromatic rings. The number of anilines is 1. The summed E-state index contributed by atoms with van der Waals surface area (Å²) in [4.78, 5) is 25.7. The molecule has 7 nitrogen and oxygen atoms in total. The molecule has 0 unspecified atom stereocenters. The summed E-state index contributed by atoms with van der Waals surface area (Å²) >= 11 is 4.66. The van der Waals surface area contributed by atoms with Gasteiger partial charge in [-0.2, -0.15) is 4.31 Å². The molecule has 0 saturated carbocycles. The molecule has 0 N–H and O–H groups in total. The zero-order chi connectivity index (χ0) is 20.5. The van der Waals surface area contributed by atoms with Crippen LogP contribution in [0.25, 0.3) is 0 Å². The van der Waals surface area contributed by atoms with E-state index in [1.807, 2.05) is 0 Å². The molecule has 1 aromatic heterocycles. The van der Waals surface area contributed by atoms with E-state index in [0.717, 1.165) is 9.87 Å². The SMILES string of the molecule is CCC(=O)N1CCc2cc(Br)cc(S(=O)(=O)N(CC(=O)[O-])Cc3cccs3)c21. The van der Waals surface area contributed by atoms with E-state index in [-0.39, 0.29) is 23.8 Å². The van der Waals surface area contributed by atoms with Crippen molar-refractivity contribution in [2.24, 2.45) is 0 Å². The number of carbonyl (C=O) groups excluding carboxylic acids is 2. The molecule has 1 amide bonds. The molecule has 0 atom stereocenters. The molecule has 0 aliphatic carbocycles. The Morgan fingerprint density at radius 1 is 1.36 bits per heavy atom. The van der Waals surface area contributed by atoms with Crippen LogP contribution in [0.1, 0.15) is 23.8 Å². The van der Waals surface area contributed by atoms with E-state index in [1.165, 1.54) is 22.3 Å². The smallest absolute Gasteiger partial charge is 0.245 e. The fraction of sp³-hybridized carbons (Fsp3) is 0.333. The number of carboxylic acids is 1. The summed E-state index contributed by atoms with van der Waals surface area (Å²) in [5.41, 5.74) is 1.07. The first-order chi connectivity index (χ1) is 13.2. The zero-order valence-electron chi connectivity index (χ0n) is 15.1. The molecule has 3 rings (SSSR count). The van der Waals surface area contributed by atoms with E-state index in [4.69, 9.17) is 0 Å². The minimum absolute atomic E-state index is 0.0750. The lowest BCUT2D eigenvalue weighted by Gasteiger charge is -2.26. The fourth-order valence-electron chi connectivity index (χ4n) is 3.19. The number of halogens is 1. The van der Waals surface area contributed by atoms with Gasteiger partial charge in [0.15, 0.2) is 0 Å². The minimum atomic E-state index is -4.20. The quantitative estimate of drug-likeness (QED) is 0.594. The maximum Gasteiger partial charge on any atom is 0.245 e. The van der Waals surface area contributed by atoms with Crippen LogP contribution in [0.4, 0.5) is 5.69 Å². The highest BCUT2D eigenvalue weighted by molar-refractivity contribution is 9.10. The molecule has 0 spiro atoms. The predicted octanol–water partition coefficient (Wildman–Crippen LogP) is 1.75. The summed E-state index contributed by atoms with van der Waals surface area (Å²) in [7, 11) is -4.20. The number of rotatable bonds is 7. The number of fused-ring (bicyclic) bond motifs is 1. The monoisotopic (exact) mass is 485 g/mol. The van der Waals surface area contributed by atoms with Gasteiger partial charge in [0.05, 0.1) is 18.2 Å². The maximum absolute atomic E-state index is 13.4. The molecule has 2 heterocycles. The van der Waals surface area contributed by atoms with Crippen molar-refractivity contribution in [1.29, 1.82) is 0 Å². The third-order valence-electron chi connectivity index (χ3n) is 4.43. The summed E-state index contributed by atoms with van der Waals surface area (Å²) < 4.78 is 28.3. The molecule has 150 valence electrons. The molecule has 0 saturated heterocycles. The lowest BCUT2D eigenvalue weighted by molar-refractivity contribution is -0.305. The van der Waals surface area contributed by atoms with Crippen LogP contribution in [0.5, 0.6) is 0 Å². The van der Waals surface area contributed by atoms with Gasteiger partial charge in [-0.1, -0.05) is 28.9 Å². The van der Waals surface area contributed by atoms with Crippen LogP contribution in [-0.4, -0.2) is 37.7 Å². The van der Waals surface area contributed by atoms with Gasteiger partial charge in [-0.15, -0.1) is 11.3 Å². The molecule has 28 heavy (non-hydrogen) atoms. The van der Waals surface area contributed by atoms with Crippen molar-refractivity contribution >= 4 is 54.9 Å². The number of aliphatic carboxylic acids is 1. The first kappa shape index (κ1) is 21.0. The van der Waals surface area contributed by atoms with E-state index >= 15 is 0 Å². The highest BCUT2D eigenvalue weighted by atomic mass is 79.9. The van der Waals surface area contributed by atoms with Crippen molar-refractivity contribution in [2.45, 2.75) is 31.2 Å². The lowest BCUT2D eigenvalue weighted by atomic mass is 10.2. The Kier molecular flexibility index (Phi) is 6.23. The van der Waals surface area contributed by atoms with Gasteiger partial charge in [0.2, 0.25) is 15.9 Å². The van der Waals surface area contributed by atoms with Crippen LogP contribution in [0.2, 0.25) is 0 Å². The molecule has 0 fully saturated rings. The van der Waals surface area contributed by atoms with Gasteiger partial charge >= 0.3 is 0 Å². The number of nitrogens with zero attached hydrogens (tertiary/aromatic N) is 2. The number of thiophene rings is 1. The van der Waals surface area contributed by atoms with E-state index in [1.54, 1.807) is 30.5 Å². The minimum Gasteiger partial charge on any atom is -0.549 e. The van der Waals surface area contributed by atoms with Crippen LogP contribution in [0.3, 0.4) is 0 Å². The highest BCUT2D eigenvalue weighted by Crippen LogP contribution is 2.39. The molecule has 1 aliphatic rings. The van der Waals surface area contributed by atoms with Crippen LogP contribution in [-0.2, 0) is 32.6 Å². The third-order valence-corrected chi connectivity index (χ3v) is 7.56. The van der Waals surface area contributed by atoms with Gasteiger partial charge in [0.1, 0.15) is 4.90 Å². The summed E-state index contributed by atoms with van der Waals surface area (Å²) in [6.07, 6.45) is 0.779. The second-order valence-corrected chi connectivity index (χ2v) is 10.1. The number of benzene rings is 1. The van der Waals surface area contributed by atoms with Gasteiger partial charge in [-0.05, 0) is 35.6 Å². The summed E-state index contributed by atoms with van der Waals surface area (Å²) in [6.45, 7) is 1.25. The predicted molar refractivity (Wildman–Crippen MR) is 107 cm³/mol. The zero-order valence-corrected chi connectivity index (χ0v) is 18.3. The third kappa shape index (κ3) is 4.14. The van der Waals surface area contributed by atoms with E-state index in [2.05, 4.69) is 15.9 Å². The molecule has 0 bridgehead atoms. The Bertz CT molecular complexity index is 1010. The standard InChI is InChI=1S/C18H19BrN2O5S2/c1-2-16(22)21-6-5-12-8-13(19)9-15(18(12)21)28(25,26)20(11-17(23)24)10-14-4-3-7-27-14/h3-4,7-9H,2,5-6,10-11H2,1H3,(H,23,24)/p-1. The summed E-state index contributed by atoms with van der Waals surface area (Å²) in [6, 6.07) is 6.72. The summed E-state index contributed by atoms with van der Waals surface area (Å²) in [5, 5.41) is 13.0. The number of sulfonamides is 1. The first-order valence-electron chi connectivity index (χ1n) is 8.59. The number of hydrogen-bond acceptors (Lipinski definition) is 6. The van der Waals surface area contributed by atoms with Crippen LogP contribution >= 0.6 is 27.3 Å². The second-order valence-electron chi connectivity index (χ2n) is 6.29. The van der Waals surface area contributed by atoms with Crippen LogP contribution in [0.15, 0.2) is 39.0 Å². The maximum atomic E-state index is 13.4. The Labute approximate surface area is 175 Å². The Balaban J connectivity index is 2.11. The second kappa shape index (κ2) is 8.32. The number of carbonyl (C=O) groups is 2. The normalized spacial score (nSPS) is 13.8. The van der Waals surface area contributed by atoms with E-state index in [0.29, 0.717) is 28.0 Å².